The minimum absolute atomic E-state index is 0.0499. The van der Waals surface area contributed by atoms with E-state index < -0.39 is 11.6 Å². The monoisotopic (exact) mass is 285 g/mol. The summed E-state index contributed by atoms with van der Waals surface area (Å²) in [5, 5.41) is 3.31. The second-order valence-corrected chi connectivity index (χ2v) is 5.02. The van der Waals surface area contributed by atoms with Crippen molar-refractivity contribution >= 4 is 0 Å². The van der Waals surface area contributed by atoms with Crippen LogP contribution in [0.4, 0.5) is 8.78 Å². The lowest BCUT2D eigenvalue weighted by atomic mass is 10.2. The highest BCUT2D eigenvalue weighted by atomic mass is 19.2. The van der Waals surface area contributed by atoms with Crippen molar-refractivity contribution in [2.45, 2.75) is 38.4 Å². The highest BCUT2D eigenvalue weighted by molar-refractivity contribution is 5.25. The summed E-state index contributed by atoms with van der Waals surface area (Å²) in [4.78, 5) is 0. The molecule has 1 aromatic carbocycles. The molecule has 0 aliphatic carbocycles. The van der Waals surface area contributed by atoms with Crippen LogP contribution in [-0.2, 0) is 4.74 Å². The Bertz CT molecular complexity index is 428. The number of benzene rings is 1. The van der Waals surface area contributed by atoms with Crippen molar-refractivity contribution in [1.29, 1.82) is 0 Å². The van der Waals surface area contributed by atoms with Gasteiger partial charge in [0.15, 0.2) is 11.6 Å². The molecule has 2 rings (SSSR count). The second kappa shape index (κ2) is 7.55. The molecule has 2 atom stereocenters. The average molecular weight is 285 g/mol. The van der Waals surface area contributed by atoms with Crippen LogP contribution >= 0.6 is 0 Å². The minimum atomic E-state index is -0.938. The summed E-state index contributed by atoms with van der Waals surface area (Å²) in [6, 6.07) is 3.93. The number of hydrogen-bond donors (Lipinski definition) is 1. The van der Waals surface area contributed by atoms with Gasteiger partial charge in [0.1, 0.15) is 6.61 Å². The van der Waals surface area contributed by atoms with Crippen molar-refractivity contribution in [3.05, 3.63) is 29.8 Å². The molecule has 20 heavy (non-hydrogen) atoms. The van der Waals surface area contributed by atoms with Crippen LogP contribution in [0.25, 0.3) is 0 Å². The van der Waals surface area contributed by atoms with Crippen LogP contribution in [0.5, 0.6) is 5.75 Å². The maximum absolute atomic E-state index is 13.4. The van der Waals surface area contributed by atoms with Gasteiger partial charge in [-0.05, 0) is 37.9 Å². The summed E-state index contributed by atoms with van der Waals surface area (Å²) in [6.07, 6.45) is 3.09. The second-order valence-electron chi connectivity index (χ2n) is 5.02. The normalized spacial score (nSPS) is 22.1. The standard InChI is InChI=1S/C15H21F2NO2/c1-2-8-18-9-11-6-7-12(20-11)10-19-14-5-3-4-13(16)15(14)17/h3-5,11-12,18H,2,6-10H2,1H3. The molecule has 0 radical (unpaired) electrons. The molecule has 1 aliphatic rings. The molecular formula is C15H21F2NO2. The van der Waals surface area contributed by atoms with Gasteiger partial charge < -0.3 is 14.8 Å². The lowest BCUT2D eigenvalue weighted by Crippen LogP contribution is -2.28. The van der Waals surface area contributed by atoms with Crippen LogP contribution in [0.1, 0.15) is 26.2 Å². The van der Waals surface area contributed by atoms with E-state index in [1.165, 1.54) is 12.1 Å². The molecule has 0 aromatic heterocycles. The summed E-state index contributed by atoms with van der Waals surface area (Å²) in [5.74, 6) is -1.88. The van der Waals surface area contributed by atoms with Crippen LogP contribution < -0.4 is 10.1 Å². The van der Waals surface area contributed by atoms with Crippen molar-refractivity contribution in [2.24, 2.45) is 0 Å². The average Bonchev–Trinajstić information content (AvgIpc) is 2.89. The fourth-order valence-electron chi connectivity index (χ4n) is 2.27. The van der Waals surface area contributed by atoms with Crippen molar-refractivity contribution in [2.75, 3.05) is 19.7 Å². The number of halogens is 2. The van der Waals surface area contributed by atoms with Crippen LogP contribution in [0.3, 0.4) is 0 Å². The fraction of sp³-hybridized carbons (Fsp3) is 0.600. The number of rotatable bonds is 7. The quantitative estimate of drug-likeness (QED) is 0.781. The van der Waals surface area contributed by atoms with Crippen LogP contribution in [-0.4, -0.2) is 31.9 Å². The zero-order valence-electron chi connectivity index (χ0n) is 11.7. The molecule has 1 fully saturated rings. The first-order valence-electron chi connectivity index (χ1n) is 7.13. The minimum Gasteiger partial charge on any atom is -0.488 e. The first-order chi connectivity index (χ1) is 9.70. The van der Waals surface area contributed by atoms with E-state index in [4.69, 9.17) is 9.47 Å². The zero-order chi connectivity index (χ0) is 14.4. The van der Waals surface area contributed by atoms with Crippen LogP contribution in [0, 0.1) is 11.6 Å². The third-order valence-electron chi connectivity index (χ3n) is 3.34. The Labute approximate surface area is 118 Å². The maximum atomic E-state index is 13.4. The molecule has 1 aliphatic heterocycles. The van der Waals surface area contributed by atoms with Crippen molar-refractivity contribution < 1.29 is 18.3 Å². The van der Waals surface area contributed by atoms with E-state index >= 15 is 0 Å². The van der Waals surface area contributed by atoms with E-state index in [9.17, 15) is 8.78 Å². The third kappa shape index (κ3) is 4.15. The number of nitrogens with one attached hydrogen (secondary N) is 1. The summed E-state index contributed by atoms with van der Waals surface area (Å²) < 4.78 is 37.5. The van der Waals surface area contributed by atoms with Gasteiger partial charge in [-0.15, -0.1) is 0 Å². The van der Waals surface area contributed by atoms with E-state index in [0.29, 0.717) is 0 Å². The highest BCUT2D eigenvalue weighted by Gasteiger charge is 2.25. The topological polar surface area (TPSA) is 30.5 Å². The molecule has 3 nitrogen and oxygen atoms in total. The number of ether oxygens (including phenoxy) is 2. The molecular weight excluding hydrogens is 264 g/mol. The molecule has 0 amide bonds. The molecule has 2 unspecified atom stereocenters. The predicted octanol–water partition coefficient (Wildman–Crippen LogP) is 2.89. The number of hydrogen-bond acceptors (Lipinski definition) is 3. The lowest BCUT2D eigenvalue weighted by Gasteiger charge is -2.15. The van der Waals surface area contributed by atoms with Crippen LogP contribution in [0.15, 0.2) is 18.2 Å². The van der Waals surface area contributed by atoms with Gasteiger partial charge in [0.2, 0.25) is 5.82 Å². The van der Waals surface area contributed by atoms with E-state index in [1.807, 2.05) is 0 Å². The van der Waals surface area contributed by atoms with Gasteiger partial charge in [0.25, 0.3) is 0 Å². The fourth-order valence-corrected chi connectivity index (χ4v) is 2.27. The summed E-state index contributed by atoms with van der Waals surface area (Å²) in [5.41, 5.74) is 0. The van der Waals surface area contributed by atoms with Gasteiger partial charge in [-0.2, -0.15) is 4.39 Å². The van der Waals surface area contributed by atoms with Gasteiger partial charge >= 0.3 is 0 Å². The van der Waals surface area contributed by atoms with E-state index in [1.54, 1.807) is 0 Å². The van der Waals surface area contributed by atoms with Gasteiger partial charge in [0.05, 0.1) is 12.2 Å². The Kier molecular flexibility index (Phi) is 5.73. The van der Waals surface area contributed by atoms with Crippen molar-refractivity contribution in [3.63, 3.8) is 0 Å². The molecule has 1 aromatic rings. The highest BCUT2D eigenvalue weighted by Crippen LogP contribution is 2.23. The lowest BCUT2D eigenvalue weighted by molar-refractivity contribution is 0.0177. The molecule has 1 heterocycles. The molecule has 0 saturated carbocycles. The SMILES string of the molecule is CCCNCC1CCC(COc2cccc(F)c2F)O1. The largest absolute Gasteiger partial charge is 0.488 e. The van der Waals surface area contributed by atoms with E-state index in [-0.39, 0.29) is 24.6 Å². The first kappa shape index (κ1) is 15.2. The predicted molar refractivity (Wildman–Crippen MR) is 72.9 cm³/mol. The summed E-state index contributed by atoms with van der Waals surface area (Å²) in [7, 11) is 0. The molecule has 5 heteroatoms. The Hall–Kier alpha value is -1.20. The van der Waals surface area contributed by atoms with E-state index in [2.05, 4.69) is 12.2 Å². The summed E-state index contributed by atoms with van der Waals surface area (Å²) >= 11 is 0. The molecule has 1 saturated heterocycles. The third-order valence-corrected chi connectivity index (χ3v) is 3.34. The Morgan fingerprint density at radius 2 is 2.10 bits per heavy atom. The van der Waals surface area contributed by atoms with Gasteiger partial charge in [0, 0.05) is 6.54 Å². The van der Waals surface area contributed by atoms with Crippen LogP contribution in [0.2, 0.25) is 0 Å². The van der Waals surface area contributed by atoms with Gasteiger partial charge in [-0.3, -0.25) is 0 Å². The van der Waals surface area contributed by atoms with Crippen molar-refractivity contribution in [1.82, 2.24) is 5.32 Å². The van der Waals surface area contributed by atoms with E-state index in [0.717, 1.165) is 38.4 Å². The molecule has 1 N–H and O–H groups in total. The van der Waals surface area contributed by atoms with Crippen molar-refractivity contribution in [3.8, 4) is 5.75 Å². The Morgan fingerprint density at radius 3 is 2.90 bits per heavy atom. The molecule has 112 valence electrons. The van der Waals surface area contributed by atoms with Gasteiger partial charge in [-0.1, -0.05) is 13.0 Å². The zero-order valence-corrected chi connectivity index (χ0v) is 11.7. The maximum Gasteiger partial charge on any atom is 0.200 e. The Morgan fingerprint density at radius 1 is 1.30 bits per heavy atom. The molecule has 0 spiro atoms. The summed E-state index contributed by atoms with van der Waals surface area (Å²) in [6.45, 7) is 4.19. The van der Waals surface area contributed by atoms with Gasteiger partial charge in [-0.25, -0.2) is 4.39 Å². The first-order valence-corrected chi connectivity index (χ1v) is 7.13. The molecule has 0 bridgehead atoms. The smallest absolute Gasteiger partial charge is 0.200 e. The Balaban J connectivity index is 1.74.